The van der Waals surface area contributed by atoms with Gasteiger partial charge in [-0.1, -0.05) is 0 Å². The number of nitrogens with zero attached hydrogens (tertiary/aromatic N) is 1. The van der Waals surface area contributed by atoms with Crippen LogP contribution in [-0.4, -0.2) is 18.0 Å². The van der Waals surface area contributed by atoms with Gasteiger partial charge in [0.25, 0.3) is 5.91 Å². The molecule has 1 amide bonds. The Hall–Kier alpha value is -3.40. The lowest BCUT2D eigenvalue weighted by Crippen LogP contribution is -2.30. The molecule has 0 spiro atoms. The van der Waals surface area contributed by atoms with Gasteiger partial charge >= 0.3 is 5.97 Å². The average molecular weight is 328 g/mol. The van der Waals surface area contributed by atoms with Crippen LogP contribution in [-0.2, 0) is 14.3 Å². The molecule has 0 aliphatic heterocycles. The molecule has 7 heteroatoms. The number of carbonyl (C=O) groups excluding carboxylic acids is 2. The number of nitrogens with one attached hydrogen (secondary N) is 1. The second-order valence-corrected chi connectivity index (χ2v) is 4.73. The molecule has 24 heavy (non-hydrogen) atoms. The standard InChI is InChI=1S/C17H13FN2O4/c1-11(16(21)20-14-6-4-13(18)5-7-14)24-17(22)12(10-19)9-15-3-2-8-23-15/h2-9,11H,1H3,(H,20,21)/b12-9+/t11-/m0/s1. The molecule has 1 heterocycles. The number of carbonyl (C=O) groups is 2. The summed E-state index contributed by atoms with van der Waals surface area (Å²) >= 11 is 0. The number of esters is 1. The van der Waals surface area contributed by atoms with Crippen LogP contribution in [0.15, 0.2) is 52.7 Å². The van der Waals surface area contributed by atoms with Crippen molar-refractivity contribution in [3.05, 3.63) is 59.8 Å². The largest absolute Gasteiger partial charge is 0.465 e. The van der Waals surface area contributed by atoms with Gasteiger partial charge in [-0.15, -0.1) is 0 Å². The van der Waals surface area contributed by atoms with Crippen molar-refractivity contribution in [1.82, 2.24) is 0 Å². The van der Waals surface area contributed by atoms with E-state index in [0.29, 0.717) is 11.4 Å². The average Bonchev–Trinajstić information content (AvgIpc) is 3.07. The van der Waals surface area contributed by atoms with Crippen molar-refractivity contribution in [1.29, 1.82) is 5.26 Å². The molecule has 1 aromatic carbocycles. The first kappa shape index (κ1) is 17.0. The minimum Gasteiger partial charge on any atom is -0.465 e. The monoisotopic (exact) mass is 328 g/mol. The highest BCUT2D eigenvalue weighted by molar-refractivity contribution is 6.00. The van der Waals surface area contributed by atoms with E-state index < -0.39 is 23.8 Å². The normalized spacial score (nSPS) is 12.1. The Morgan fingerprint density at radius 2 is 2.04 bits per heavy atom. The molecule has 2 rings (SSSR count). The molecule has 122 valence electrons. The number of benzene rings is 1. The van der Waals surface area contributed by atoms with Crippen molar-refractivity contribution in [3.63, 3.8) is 0 Å². The Balaban J connectivity index is 1.98. The maximum Gasteiger partial charge on any atom is 0.349 e. The molecule has 1 atom stereocenters. The first-order valence-electron chi connectivity index (χ1n) is 6.92. The van der Waals surface area contributed by atoms with Gasteiger partial charge in [0.15, 0.2) is 6.10 Å². The van der Waals surface area contributed by atoms with Crippen molar-refractivity contribution in [2.45, 2.75) is 13.0 Å². The zero-order valence-corrected chi connectivity index (χ0v) is 12.7. The quantitative estimate of drug-likeness (QED) is 0.517. The minimum absolute atomic E-state index is 0.300. The summed E-state index contributed by atoms with van der Waals surface area (Å²) in [7, 11) is 0. The third-order valence-electron chi connectivity index (χ3n) is 2.93. The SMILES string of the molecule is C[C@H](OC(=O)/C(C#N)=C/c1ccco1)C(=O)Nc1ccc(F)cc1. The summed E-state index contributed by atoms with van der Waals surface area (Å²) in [4.78, 5) is 23.9. The number of amides is 1. The maximum atomic E-state index is 12.8. The van der Waals surface area contributed by atoms with Crippen LogP contribution in [0.1, 0.15) is 12.7 Å². The molecular weight excluding hydrogens is 315 g/mol. The van der Waals surface area contributed by atoms with Gasteiger partial charge in [0.05, 0.1) is 6.26 Å². The molecule has 2 aromatic rings. The van der Waals surface area contributed by atoms with E-state index in [9.17, 15) is 14.0 Å². The fourth-order valence-electron chi connectivity index (χ4n) is 1.71. The molecule has 0 unspecified atom stereocenters. The summed E-state index contributed by atoms with van der Waals surface area (Å²) in [5.74, 6) is -1.68. The number of rotatable bonds is 5. The molecule has 0 aliphatic rings. The van der Waals surface area contributed by atoms with E-state index in [1.165, 1.54) is 43.5 Å². The number of furan rings is 1. The molecule has 0 saturated carbocycles. The molecule has 1 N–H and O–H groups in total. The van der Waals surface area contributed by atoms with Gasteiger partial charge in [0.1, 0.15) is 23.2 Å². The number of halogens is 1. The van der Waals surface area contributed by atoms with Crippen LogP contribution in [0.4, 0.5) is 10.1 Å². The van der Waals surface area contributed by atoms with Crippen molar-refractivity contribution < 1.29 is 23.1 Å². The van der Waals surface area contributed by atoms with Crippen molar-refractivity contribution in [2.75, 3.05) is 5.32 Å². The Labute approximate surface area is 137 Å². The molecular formula is C17H13FN2O4. The van der Waals surface area contributed by atoms with Gasteiger partial charge < -0.3 is 14.5 Å². The molecule has 1 aromatic heterocycles. The molecule has 0 saturated heterocycles. The number of hydrogen-bond acceptors (Lipinski definition) is 5. The van der Waals surface area contributed by atoms with Crippen LogP contribution in [0.2, 0.25) is 0 Å². The lowest BCUT2D eigenvalue weighted by Gasteiger charge is -2.13. The van der Waals surface area contributed by atoms with Crippen LogP contribution in [0.25, 0.3) is 6.08 Å². The summed E-state index contributed by atoms with van der Waals surface area (Å²) < 4.78 is 22.8. The van der Waals surface area contributed by atoms with Crippen LogP contribution in [0.5, 0.6) is 0 Å². The van der Waals surface area contributed by atoms with Crippen LogP contribution in [0, 0.1) is 17.1 Å². The van der Waals surface area contributed by atoms with Gasteiger partial charge in [-0.3, -0.25) is 4.79 Å². The summed E-state index contributed by atoms with van der Waals surface area (Å²) in [6, 6.07) is 9.98. The number of nitriles is 1. The zero-order valence-electron chi connectivity index (χ0n) is 12.7. The van der Waals surface area contributed by atoms with E-state index in [0.717, 1.165) is 0 Å². The van der Waals surface area contributed by atoms with Crippen molar-refractivity contribution in [2.24, 2.45) is 0 Å². The fraction of sp³-hybridized carbons (Fsp3) is 0.118. The molecule has 0 radical (unpaired) electrons. The van der Waals surface area contributed by atoms with Crippen molar-refractivity contribution in [3.8, 4) is 6.07 Å². The smallest absolute Gasteiger partial charge is 0.349 e. The molecule has 0 fully saturated rings. The lowest BCUT2D eigenvalue weighted by molar-refractivity contribution is -0.148. The summed E-state index contributed by atoms with van der Waals surface area (Å²) in [5.41, 5.74) is 0.0577. The maximum absolute atomic E-state index is 12.8. The Morgan fingerprint density at radius 3 is 2.62 bits per heavy atom. The zero-order chi connectivity index (χ0) is 17.5. The Bertz CT molecular complexity index is 789. The highest BCUT2D eigenvalue weighted by atomic mass is 19.1. The van der Waals surface area contributed by atoms with Crippen LogP contribution < -0.4 is 5.32 Å². The number of hydrogen-bond donors (Lipinski definition) is 1. The van der Waals surface area contributed by atoms with Crippen molar-refractivity contribution >= 4 is 23.6 Å². The predicted octanol–water partition coefficient (Wildman–Crippen LogP) is 2.90. The van der Waals surface area contributed by atoms with Gasteiger partial charge in [-0.25, -0.2) is 9.18 Å². The van der Waals surface area contributed by atoms with Gasteiger partial charge in [-0.05, 0) is 43.3 Å². The molecule has 0 aliphatic carbocycles. The molecule has 0 bridgehead atoms. The second-order valence-electron chi connectivity index (χ2n) is 4.73. The predicted molar refractivity (Wildman–Crippen MR) is 82.9 cm³/mol. The van der Waals surface area contributed by atoms with Crippen LogP contribution >= 0.6 is 0 Å². The lowest BCUT2D eigenvalue weighted by atomic mass is 10.2. The third-order valence-corrected chi connectivity index (χ3v) is 2.93. The summed E-state index contributed by atoms with van der Waals surface area (Å²) in [6.45, 7) is 1.36. The van der Waals surface area contributed by atoms with Gasteiger partial charge in [0, 0.05) is 11.8 Å². The van der Waals surface area contributed by atoms with Gasteiger partial charge in [-0.2, -0.15) is 5.26 Å². The second kappa shape index (κ2) is 7.74. The molecule has 6 nitrogen and oxygen atoms in total. The van der Waals surface area contributed by atoms with E-state index in [4.69, 9.17) is 14.4 Å². The van der Waals surface area contributed by atoms with E-state index in [-0.39, 0.29) is 5.57 Å². The first-order chi connectivity index (χ1) is 11.5. The van der Waals surface area contributed by atoms with E-state index >= 15 is 0 Å². The topological polar surface area (TPSA) is 92.3 Å². The van der Waals surface area contributed by atoms with Crippen LogP contribution in [0.3, 0.4) is 0 Å². The van der Waals surface area contributed by atoms with E-state index in [1.807, 2.05) is 0 Å². The first-order valence-corrected chi connectivity index (χ1v) is 6.92. The summed E-state index contributed by atoms with van der Waals surface area (Å²) in [6.07, 6.45) is 1.47. The Kier molecular flexibility index (Phi) is 5.47. The fourth-order valence-corrected chi connectivity index (χ4v) is 1.71. The summed E-state index contributed by atoms with van der Waals surface area (Å²) in [5, 5.41) is 11.5. The highest BCUT2D eigenvalue weighted by Crippen LogP contribution is 2.12. The number of anilines is 1. The van der Waals surface area contributed by atoms with E-state index in [2.05, 4.69) is 5.32 Å². The van der Waals surface area contributed by atoms with E-state index in [1.54, 1.807) is 18.2 Å². The number of ether oxygens (including phenoxy) is 1. The minimum atomic E-state index is -1.14. The highest BCUT2D eigenvalue weighted by Gasteiger charge is 2.21. The van der Waals surface area contributed by atoms with Gasteiger partial charge in [0.2, 0.25) is 0 Å². The Morgan fingerprint density at radius 1 is 1.33 bits per heavy atom. The third kappa shape index (κ3) is 4.55.